The molecule has 0 unspecified atom stereocenters. The normalized spacial score (nSPS) is 10.6. The summed E-state index contributed by atoms with van der Waals surface area (Å²) in [5, 5.41) is 19.4. The summed E-state index contributed by atoms with van der Waals surface area (Å²) in [6.45, 7) is 3.78. The topological polar surface area (TPSA) is 95.9 Å². The second-order valence-corrected chi connectivity index (χ2v) is 8.14. The van der Waals surface area contributed by atoms with Crippen LogP contribution in [0.5, 0.6) is 11.5 Å². The van der Waals surface area contributed by atoms with Gasteiger partial charge in [0.05, 0.1) is 11.1 Å². The minimum absolute atomic E-state index is 0.00561. The number of carbonyl (C=O) groups excluding carboxylic acids is 1. The number of hydrogen-bond acceptors (Lipinski definition) is 6. The van der Waals surface area contributed by atoms with E-state index in [-0.39, 0.29) is 17.1 Å². The number of rotatable bonds is 10. The Bertz CT molecular complexity index is 1090. The predicted octanol–water partition coefficient (Wildman–Crippen LogP) is 5.94. The number of benzene rings is 3. The second kappa shape index (κ2) is 10.7. The lowest BCUT2D eigenvalue weighted by atomic mass is 10.0. The average molecular weight is 452 g/mol. The van der Waals surface area contributed by atoms with E-state index in [4.69, 9.17) is 9.84 Å². The fraction of sp³-hybridized carbons (Fsp3) is 0.200. The number of anilines is 1. The van der Waals surface area contributed by atoms with Crippen molar-refractivity contribution in [1.82, 2.24) is 0 Å². The number of ketones is 1. The summed E-state index contributed by atoms with van der Waals surface area (Å²) in [7, 11) is 0. The fourth-order valence-corrected chi connectivity index (χ4v) is 3.79. The molecule has 166 valence electrons. The summed E-state index contributed by atoms with van der Waals surface area (Å²) < 4.78 is 9.13. The summed E-state index contributed by atoms with van der Waals surface area (Å²) >= 11 is 1.42. The molecule has 0 aliphatic heterocycles. The van der Waals surface area contributed by atoms with E-state index in [1.54, 1.807) is 36.4 Å². The number of carboxylic acids is 1. The molecule has 0 amide bonds. The predicted molar refractivity (Wildman–Crippen MR) is 126 cm³/mol. The molecular weight excluding hydrogens is 426 g/mol. The molecule has 0 saturated heterocycles. The molecule has 0 bridgehead atoms. The molecule has 0 aromatic heterocycles. The van der Waals surface area contributed by atoms with E-state index in [2.05, 4.69) is 4.72 Å². The molecule has 0 aliphatic carbocycles. The number of aromatic carboxylic acids is 1. The van der Waals surface area contributed by atoms with E-state index in [1.165, 1.54) is 18.9 Å². The highest BCUT2D eigenvalue weighted by Crippen LogP contribution is 2.33. The quantitative estimate of drug-likeness (QED) is 0.259. The number of carboxylic acid groups (broad SMARTS) is 1. The van der Waals surface area contributed by atoms with Crippen LogP contribution < -0.4 is 9.46 Å². The van der Waals surface area contributed by atoms with Gasteiger partial charge in [-0.1, -0.05) is 25.5 Å². The van der Waals surface area contributed by atoms with Crippen LogP contribution in [-0.4, -0.2) is 22.0 Å². The Morgan fingerprint density at radius 3 is 2.28 bits per heavy atom. The first-order valence-corrected chi connectivity index (χ1v) is 11.0. The average Bonchev–Trinajstić information content (AvgIpc) is 2.79. The molecular formula is C25H25NO5S. The summed E-state index contributed by atoms with van der Waals surface area (Å²) in [6, 6.07) is 17.7. The molecule has 0 radical (unpaired) electrons. The van der Waals surface area contributed by atoms with Crippen molar-refractivity contribution in [3.63, 3.8) is 0 Å². The van der Waals surface area contributed by atoms with Crippen molar-refractivity contribution in [3.05, 3.63) is 82.9 Å². The van der Waals surface area contributed by atoms with Crippen molar-refractivity contribution >= 4 is 29.4 Å². The van der Waals surface area contributed by atoms with Gasteiger partial charge in [-0.05, 0) is 79.4 Å². The Kier molecular flexibility index (Phi) is 7.78. The highest BCUT2D eigenvalue weighted by Gasteiger charge is 2.16. The van der Waals surface area contributed by atoms with Crippen molar-refractivity contribution in [1.29, 1.82) is 0 Å². The number of aromatic hydroxyl groups is 1. The van der Waals surface area contributed by atoms with E-state index in [0.717, 1.165) is 22.6 Å². The lowest BCUT2D eigenvalue weighted by molar-refractivity contribution is 0.0696. The van der Waals surface area contributed by atoms with Crippen molar-refractivity contribution in [2.24, 2.45) is 0 Å². The van der Waals surface area contributed by atoms with Gasteiger partial charge >= 0.3 is 5.97 Å². The monoisotopic (exact) mass is 451 g/mol. The van der Waals surface area contributed by atoms with Crippen LogP contribution in [0.15, 0.2) is 65.6 Å². The number of Topliss-reactive ketones (excluding diaryl/α,β-unsaturated/α-hetero) is 1. The van der Waals surface area contributed by atoms with Gasteiger partial charge in [0.15, 0.2) is 5.78 Å². The summed E-state index contributed by atoms with van der Waals surface area (Å²) in [6.07, 6.45) is 1.44. The molecule has 0 saturated carbocycles. The van der Waals surface area contributed by atoms with Crippen LogP contribution in [0, 0.1) is 0 Å². The molecule has 7 heteroatoms. The van der Waals surface area contributed by atoms with Gasteiger partial charge in [0, 0.05) is 16.1 Å². The molecule has 3 aromatic carbocycles. The zero-order chi connectivity index (χ0) is 23.1. The molecule has 3 rings (SSSR count). The second-order valence-electron chi connectivity index (χ2n) is 7.26. The zero-order valence-electron chi connectivity index (χ0n) is 17.9. The largest absolute Gasteiger partial charge is 0.507 e. The maximum absolute atomic E-state index is 11.7. The maximum atomic E-state index is 11.7. The molecule has 0 atom stereocenters. The van der Waals surface area contributed by atoms with Gasteiger partial charge < -0.3 is 19.7 Å². The lowest BCUT2D eigenvalue weighted by Crippen LogP contribution is -2.02. The van der Waals surface area contributed by atoms with Gasteiger partial charge in [0.25, 0.3) is 0 Å². The Labute approximate surface area is 191 Å². The Morgan fingerprint density at radius 2 is 1.69 bits per heavy atom. The molecule has 0 heterocycles. The Morgan fingerprint density at radius 1 is 1.00 bits per heavy atom. The third kappa shape index (κ3) is 5.82. The van der Waals surface area contributed by atoms with Crippen LogP contribution in [0.3, 0.4) is 0 Å². The molecule has 3 aromatic rings. The van der Waals surface area contributed by atoms with Crippen LogP contribution in [0.1, 0.15) is 52.1 Å². The lowest BCUT2D eigenvalue weighted by Gasteiger charge is -2.15. The SMILES string of the molecule is CCCc1c(OCc2ccc(SNc3ccc(C(=O)O)cc3)cc2)ccc(C(C)=O)c1O. The molecule has 0 aliphatic rings. The Balaban J connectivity index is 1.60. The van der Waals surface area contributed by atoms with Crippen molar-refractivity contribution in [3.8, 4) is 11.5 Å². The van der Waals surface area contributed by atoms with Crippen molar-refractivity contribution < 1.29 is 24.5 Å². The summed E-state index contributed by atoms with van der Waals surface area (Å²) in [4.78, 5) is 23.6. The van der Waals surface area contributed by atoms with Crippen LogP contribution in [0.4, 0.5) is 5.69 Å². The molecule has 3 N–H and O–H groups in total. The van der Waals surface area contributed by atoms with Gasteiger partial charge in [0.1, 0.15) is 18.1 Å². The fourth-order valence-electron chi connectivity index (χ4n) is 3.14. The molecule has 0 spiro atoms. The number of ether oxygens (including phenoxy) is 1. The minimum Gasteiger partial charge on any atom is -0.507 e. The van der Waals surface area contributed by atoms with E-state index in [0.29, 0.717) is 29.9 Å². The molecule has 0 fully saturated rings. The third-order valence-electron chi connectivity index (χ3n) is 4.86. The van der Waals surface area contributed by atoms with E-state index in [9.17, 15) is 14.7 Å². The van der Waals surface area contributed by atoms with Crippen molar-refractivity contribution in [2.45, 2.75) is 38.2 Å². The van der Waals surface area contributed by atoms with Crippen LogP contribution in [0.2, 0.25) is 0 Å². The van der Waals surface area contributed by atoms with Gasteiger partial charge in [-0.2, -0.15) is 0 Å². The first-order chi connectivity index (χ1) is 15.4. The number of carbonyl (C=O) groups is 2. The summed E-state index contributed by atoms with van der Waals surface area (Å²) in [5.74, 6) is -0.537. The standard InChI is InChI=1S/C25H25NO5S/c1-3-4-22-23(14-13-21(16(2)27)24(22)28)31-15-17-5-11-20(12-6-17)32-26-19-9-7-18(8-10-19)25(29)30/h5-14,26,28H,3-4,15H2,1-2H3,(H,29,30). The molecule has 32 heavy (non-hydrogen) atoms. The van der Waals surface area contributed by atoms with Crippen molar-refractivity contribution in [2.75, 3.05) is 4.72 Å². The first kappa shape index (κ1) is 23.2. The van der Waals surface area contributed by atoms with Crippen LogP contribution in [0.25, 0.3) is 0 Å². The van der Waals surface area contributed by atoms with Gasteiger partial charge in [0.2, 0.25) is 0 Å². The zero-order valence-corrected chi connectivity index (χ0v) is 18.7. The van der Waals surface area contributed by atoms with Gasteiger partial charge in [-0.15, -0.1) is 0 Å². The van der Waals surface area contributed by atoms with Gasteiger partial charge in [-0.25, -0.2) is 4.79 Å². The van der Waals surface area contributed by atoms with Crippen LogP contribution in [-0.2, 0) is 13.0 Å². The smallest absolute Gasteiger partial charge is 0.335 e. The highest BCUT2D eigenvalue weighted by molar-refractivity contribution is 8.00. The molecule has 6 nitrogen and oxygen atoms in total. The summed E-state index contributed by atoms with van der Waals surface area (Å²) in [5.41, 5.74) is 3.00. The van der Waals surface area contributed by atoms with E-state index < -0.39 is 5.97 Å². The Hall–Kier alpha value is -3.45. The maximum Gasteiger partial charge on any atom is 0.335 e. The van der Waals surface area contributed by atoms with E-state index >= 15 is 0 Å². The highest BCUT2D eigenvalue weighted by atomic mass is 32.2. The number of phenols is 1. The first-order valence-electron chi connectivity index (χ1n) is 10.2. The third-order valence-corrected chi connectivity index (χ3v) is 5.70. The van der Waals surface area contributed by atoms with Gasteiger partial charge in [-0.3, -0.25) is 4.79 Å². The number of nitrogens with one attached hydrogen (secondary N) is 1. The van der Waals surface area contributed by atoms with E-state index in [1.807, 2.05) is 31.2 Å². The number of phenolic OH excluding ortho intramolecular Hbond substituents is 1. The minimum atomic E-state index is -0.950. The number of hydrogen-bond donors (Lipinski definition) is 3. The van der Waals surface area contributed by atoms with Crippen LogP contribution >= 0.6 is 11.9 Å².